The summed E-state index contributed by atoms with van der Waals surface area (Å²) in [6.45, 7) is 2.26. The summed E-state index contributed by atoms with van der Waals surface area (Å²) in [5, 5.41) is 8.65. The summed E-state index contributed by atoms with van der Waals surface area (Å²) >= 11 is 0. The molecule has 2 heterocycles. The van der Waals surface area contributed by atoms with Crippen molar-refractivity contribution in [3.05, 3.63) is 18.6 Å². The van der Waals surface area contributed by atoms with Gasteiger partial charge in [0.25, 0.3) is 0 Å². The molecule has 0 aromatic carbocycles. The topological polar surface area (TPSA) is 113 Å². The normalized spacial score (nSPS) is 16.9. The molecule has 1 aromatic heterocycles. The molecule has 0 spiro atoms. The number of carbonyl (C=O) groups is 2. The first-order valence-electron chi connectivity index (χ1n) is 6.35. The SMILES string of the molecule is NC(CC(=O)O)C(=O)N1CCN(c2cnccn2)CC1. The Labute approximate surface area is 116 Å². The molecule has 3 N–H and O–H groups in total. The molecule has 1 amide bonds. The van der Waals surface area contributed by atoms with Crippen molar-refractivity contribution < 1.29 is 14.7 Å². The van der Waals surface area contributed by atoms with E-state index in [0.29, 0.717) is 26.2 Å². The Morgan fingerprint density at radius 1 is 1.30 bits per heavy atom. The van der Waals surface area contributed by atoms with Crippen LogP contribution in [0.4, 0.5) is 5.82 Å². The van der Waals surface area contributed by atoms with Gasteiger partial charge in [-0.2, -0.15) is 0 Å². The van der Waals surface area contributed by atoms with Gasteiger partial charge in [0.2, 0.25) is 5.91 Å². The molecule has 20 heavy (non-hydrogen) atoms. The second kappa shape index (κ2) is 6.29. The van der Waals surface area contributed by atoms with Gasteiger partial charge < -0.3 is 20.6 Å². The fourth-order valence-corrected chi connectivity index (χ4v) is 2.12. The van der Waals surface area contributed by atoms with Gasteiger partial charge in [0, 0.05) is 38.6 Å². The number of carboxylic acids is 1. The van der Waals surface area contributed by atoms with E-state index in [0.717, 1.165) is 5.82 Å². The second-order valence-corrected chi connectivity index (χ2v) is 4.58. The van der Waals surface area contributed by atoms with Crippen LogP contribution in [0.5, 0.6) is 0 Å². The zero-order chi connectivity index (χ0) is 14.5. The molecular weight excluding hydrogens is 262 g/mol. The number of hydrogen-bond donors (Lipinski definition) is 2. The van der Waals surface area contributed by atoms with Gasteiger partial charge in [0.1, 0.15) is 5.82 Å². The van der Waals surface area contributed by atoms with Crippen molar-refractivity contribution in [2.24, 2.45) is 5.73 Å². The molecule has 8 nitrogen and oxygen atoms in total. The van der Waals surface area contributed by atoms with Crippen LogP contribution in [0.1, 0.15) is 6.42 Å². The molecule has 2 rings (SSSR count). The Morgan fingerprint density at radius 2 is 2.00 bits per heavy atom. The number of carboxylic acid groups (broad SMARTS) is 1. The molecule has 1 atom stereocenters. The number of carbonyl (C=O) groups excluding carboxylic acids is 1. The number of aromatic nitrogens is 2. The maximum absolute atomic E-state index is 12.0. The third-order valence-electron chi connectivity index (χ3n) is 3.18. The van der Waals surface area contributed by atoms with E-state index in [4.69, 9.17) is 10.8 Å². The zero-order valence-electron chi connectivity index (χ0n) is 11.0. The third kappa shape index (κ3) is 3.41. The van der Waals surface area contributed by atoms with E-state index in [2.05, 4.69) is 9.97 Å². The maximum Gasteiger partial charge on any atom is 0.305 e. The number of amides is 1. The number of hydrogen-bond acceptors (Lipinski definition) is 6. The summed E-state index contributed by atoms with van der Waals surface area (Å²) in [5.41, 5.74) is 5.59. The average molecular weight is 279 g/mol. The van der Waals surface area contributed by atoms with Crippen LogP contribution in [0.15, 0.2) is 18.6 Å². The predicted octanol–water partition coefficient (Wildman–Crippen LogP) is -1.07. The highest BCUT2D eigenvalue weighted by molar-refractivity contribution is 5.86. The van der Waals surface area contributed by atoms with Crippen LogP contribution >= 0.6 is 0 Å². The van der Waals surface area contributed by atoms with Crippen LogP contribution in [0.2, 0.25) is 0 Å². The van der Waals surface area contributed by atoms with E-state index >= 15 is 0 Å². The highest BCUT2D eigenvalue weighted by Crippen LogP contribution is 2.12. The Bertz CT molecular complexity index is 473. The Balaban J connectivity index is 1.88. The molecule has 1 aliphatic heterocycles. The summed E-state index contributed by atoms with van der Waals surface area (Å²) in [4.78, 5) is 34.4. The lowest BCUT2D eigenvalue weighted by molar-refractivity contribution is -0.142. The molecule has 0 bridgehead atoms. The highest BCUT2D eigenvalue weighted by atomic mass is 16.4. The van der Waals surface area contributed by atoms with E-state index in [1.54, 1.807) is 23.5 Å². The van der Waals surface area contributed by atoms with Crippen LogP contribution in [0.25, 0.3) is 0 Å². The van der Waals surface area contributed by atoms with Crippen LogP contribution in [-0.2, 0) is 9.59 Å². The molecule has 0 saturated carbocycles. The Kier molecular flexibility index (Phi) is 4.46. The number of piperazine rings is 1. The smallest absolute Gasteiger partial charge is 0.305 e. The predicted molar refractivity (Wildman–Crippen MR) is 71.1 cm³/mol. The van der Waals surface area contributed by atoms with Gasteiger partial charge in [-0.3, -0.25) is 14.6 Å². The van der Waals surface area contributed by atoms with Crippen LogP contribution in [-0.4, -0.2) is 64.1 Å². The fourth-order valence-electron chi connectivity index (χ4n) is 2.12. The largest absolute Gasteiger partial charge is 0.481 e. The standard InChI is InChI=1S/C12H17N5O3/c13-9(7-11(18)19)12(20)17-5-3-16(4-6-17)10-8-14-1-2-15-10/h1-2,8-9H,3-7,13H2,(H,18,19). The Morgan fingerprint density at radius 3 is 2.55 bits per heavy atom. The summed E-state index contributed by atoms with van der Waals surface area (Å²) in [5.74, 6) is -0.607. The average Bonchev–Trinajstić information content (AvgIpc) is 2.47. The second-order valence-electron chi connectivity index (χ2n) is 4.58. The van der Waals surface area contributed by atoms with E-state index < -0.39 is 12.0 Å². The first-order valence-corrected chi connectivity index (χ1v) is 6.35. The van der Waals surface area contributed by atoms with Crippen LogP contribution < -0.4 is 10.6 Å². The lowest BCUT2D eigenvalue weighted by atomic mass is 10.2. The van der Waals surface area contributed by atoms with E-state index in [1.165, 1.54) is 0 Å². The molecule has 108 valence electrons. The van der Waals surface area contributed by atoms with Crippen LogP contribution in [0, 0.1) is 0 Å². The van der Waals surface area contributed by atoms with Gasteiger partial charge in [-0.05, 0) is 0 Å². The lowest BCUT2D eigenvalue weighted by Crippen LogP contribution is -2.53. The number of nitrogens with two attached hydrogens (primary N) is 1. The summed E-state index contributed by atoms with van der Waals surface area (Å²) in [6.07, 6.45) is 4.56. The van der Waals surface area contributed by atoms with Crippen molar-refractivity contribution >= 4 is 17.7 Å². The van der Waals surface area contributed by atoms with Gasteiger partial charge in [-0.25, -0.2) is 4.98 Å². The lowest BCUT2D eigenvalue weighted by Gasteiger charge is -2.36. The number of aliphatic carboxylic acids is 1. The highest BCUT2D eigenvalue weighted by Gasteiger charge is 2.26. The summed E-state index contributed by atoms with van der Waals surface area (Å²) in [7, 11) is 0. The minimum Gasteiger partial charge on any atom is -0.481 e. The fraction of sp³-hybridized carbons (Fsp3) is 0.500. The molecule has 0 radical (unpaired) electrons. The van der Waals surface area contributed by atoms with Gasteiger partial charge in [-0.15, -0.1) is 0 Å². The molecule has 1 unspecified atom stereocenters. The van der Waals surface area contributed by atoms with Crippen molar-refractivity contribution in [1.82, 2.24) is 14.9 Å². The van der Waals surface area contributed by atoms with E-state index in [-0.39, 0.29) is 12.3 Å². The number of rotatable bonds is 4. The molecule has 1 fully saturated rings. The molecule has 1 aliphatic rings. The van der Waals surface area contributed by atoms with Crippen molar-refractivity contribution in [1.29, 1.82) is 0 Å². The van der Waals surface area contributed by atoms with E-state index in [1.807, 2.05) is 4.90 Å². The van der Waals surface area contributed by atoms with Crippen molar-refractivity contribution in [3.8, 4) is 0 Å². The van der Waals surface area contributed by atoms with Crippen LogP contribution in [0.3, 0.4) is 0 Å². The minimum absolute atomic E-state index is 0.314. The first kappa shape index (κ1) is 14.2. The minimum atomic E-state index is -1.07. The molecular formula is C12H17N5O3. The van der Waals surface area contributed by atoms with Crippen molar-refractivity contribution in [2.45, 2.75) is 12.5 Å². The van der Waals surface area contributed by atoms with E-state index in [9.17, 15) is 9.59 Å². The molecule has 0 aliphatic carbocycles. The summed E-state index contributed by atoms with van der Waals surface area (Å²) < 4.78 is 0. The van der Waals surface area contributed by atoms with Gasteiger partial charge in [-0.1, -0.05) is 0 Å². The quantitative estimate of drug-likeness (QED) is 0.721. The Hall–Kier alpha value is -2.22. The monoisotopic (exact) mass is 279 g/mol. The number of anilines is 1. The van der Waals surface area contributed by atoms with Gasteiger partial charge in [0.15, 0.2) is 0 Å². The maximum atomic E-state index is 12.0. The number of nitrogens with zero attached hydrogens (tertiary/aromatic N) is 4. The van der Waals surface area contributed by atoms with Crippen molar-refractivity contribution in [2.75, 3.05) is 31.1 Å². The zero-order valence-corrected chi connectivity index (χ0v) is 11.0. The first-order chi connectivity index (χ1) is 9.58. The van der Waals surface area contributed by atoms with Crippen molar-refractivity contribution in [3.63, 3.8) is 0 Å². The van der Waals surface area contributed by atoms with Gasteiger partial charge >= 0.3 is 5.97 Å². The molecule has 1 saturated heterocycles. The molecule has 1 aromatic rings. The third-order valence-corrected chi connectivity index (χ3v) is 3.18. The van der Waals surface area contributed by atoms with Gasteiger partial charge in [0.05, 0.1) is 18.7 Å². The molecule has 8 heteroatoms. The summed E-state index contributed by atoms with van der Waals surface area (Å²) in [6, 6.07) is -0.976.